The van der Waals surface area contributed by atoms with Gasteiger partial charge in [-0.1, -0.05) is 22.8 Å². The summed E-state index contributed by atoms with van der Waals surface area (Å²) in [4.78, 5) is 11.9. The van der Waals surface area contributed by atoms with Gasteiger partial charge in [0.05, 0.1) is 6.54 Å². The molecule has 0 radical (unpaired) electrons. The molecule has 1 aromatic carbocycles. The molecule has 0 bridgehead atoms. The van der Waals surface area contributed by atoms with Crippen molar-refractivity contribution in [3.05, 3.63) is 40.2 Å². The molecule has 23 heavy (non-hydrogen) atoms. The Bertz CT molecular complexity index is 826. The van der Waals surface area contributed by atoms with Crippen molar-refractivity contribution in [3.8, 4) is 0 Å². The average Bonchev–Trinajstić information content (AvgIpc) is 2.81. The van der Waals surface area contributed by atoms with E-state index in [1.165, 1.54) is 13.8 Å². The van der Waals surface area contributed by atoms with Crippen LogP contribution in [-0.4, -0.2) is 26.0 Å². The standard InChI is InChI=1S/C14H16ClN3O4S/c1-8-4-5-11(15)6-12(8)17-13(19)7-16-23(20,21)14-9(2)18-22-10(14)3/h4-6,16H,7H2,1-3H3,(H,17,19). The van der Waals surface area contributed by atoms with E-state index >= 15 is 0 Å². The Hall–Kier alpha value is -1.90. The van der Waals surface area contributed by atoms with E-state index in [4.69, 9.17) is 16.1 Å². The number of hydrogen-bond acceptors (Lipinski definition) is 5. The summed E-state index contributed by atoms with van der Waals surface area (Å²) >= 11 is 5.87. The van der Waals surface area contributed by atoms with Gasteiger partial charge in [0.1, 0.15) is 10.6 Å². The van der Waals surface area contributed by atoms with E-state index in [1.807, 2.05) is 0 Å². The number of carbonyl (C=O) groups excluding carboxylic acids is 1. The summed E-state index contributed by atoms with van der Waals surface area (Å²) in [7, 11) is -3.88. The summed E-state index contributed by atoms with van der Waals surface area (Å²) in [6.45, 7) is 4.39. The minimum absolute atomic E-state index is 0.0516. The second-order valence-electron chi connectivity index (χ2n) is 4.99. The number of anilines is 1. The van der Waals surface area contributed by atoms with Crippen molar-refractivity contribution < 1.29 is 17.7 Å². The lowest BCUT2D eigenvalue weighted by molar-refractivity contribution is -0.115. The molecule has 1 amide bonds. The zero-order valence-corrected chi connectivity index (χ0v) is 14.4. The largest absolute Gasteiger partial charge is 0.360 e. The molecule has 124 valence electrons. The smallest absolute Gasteiger partial charge is 0.246 e. The lowest BCUT2D eigenvalue weighted by atomic mass is 10.2. The van der Waals surface area contributed by atoms with E-state index in [-0.39, 0.29) is 16.3 Å². The highest BCUT2D eigenvalue weighted by Gasteiger charge is 2.24. The lowest BCUT2D eigenvalue weighted by Gasteiger charge is -2.10. The van der Waals surface area contributed by atoms with Crippen molar-refractivity contribution in [2.45, 2.75) is 25.7 Å². The highest BCUT2D eigenvalue weighted by molar-refractivity contribution is 7.89. The second-order valence-corrected chi connectivity index (χ2v) is 7.13. The predicted octanol–water partition coefficient (Wildman–Crippen LogP) is 2.17. The number of carbonyl (C=O) groups is 1. The molecular formula is C14H16ClN3O4S. The third-order valence-electron chi connectivity index (χ3n) is 3.13. The van der Waals surface area contributed by atoms with Crippen LogP contribution in [0.4, 0.5) is 5.69 Å². The number of rotatable bonds is 5. The Kier molecular flexibility index (Phi) is 5.08. The molecule has 2 aromatic rings. The quantitative estimate of drug-likeness (QED) is 0.853. The Labute approximate surface area is 139 Å². The van der Waals surface area contributed by atoms with Crippen LogP contribution in [0.5, 0.6) is 0 Å². The van der Waals surface area contributed by atoms with Gasteiger partial charge in [-0.3, -0.25) is 4.79 Å². The van der Waals surface area contributed by atoms with Crippen LogP contribution < -0.4 is 10.0 Å². The fraction of sp³-hybridized carbons (Fsp3) is 0.286. The Morgan fingerprint density at radius 1 is 1.30 bits per heavy atom. The maximum Gasteiger partial charge on any atom is 0.246 e. The molecule has 0 unspecified atom stereocenters. The van der Waals surface area contributed by atoms with Gasteiger partial charge in [0, 0.05) is 10.7 Å². The number of amides is 1. The first-order valence-electron chi connectivity index (χ1n) is 6.69. The molecule has 0 saturated heterocycles. The Morgan fingerprint density at radius 2 is 2.00 bits per heavy atom. The minimum Gasteiger partial charge on any atom is -0.360 e. The fourth-order valence-corrected chi connectivity index (χ4v) is 3.49. The summed E-state index contributed by atoms with van der Waals surface area (Å²) in [5.74, 6) is -0.341. The lowest BCUT2D eigenvalue weighted by Crippen LogP contribution is -2.33. The zero-order valence-electron chi connectivity index (χ0n) is 12.8. The molecule has 0 aliphatic heterocycles. The molecule has 1 heterocycles. The maximum absolute atomic E-state index is 12.2. The molecule has 1 aromatic heterocycles. The van der Waals surface area contributed by atoms with E-state index in [1.54, 1.807) is 25.1 Å². The number of nitrogens with zero attached hydrogens (tertiary/aromatic N) is 1. The third-order valence-corrected chi connectivity index (χ3v) is 5.01. The monoisotopic (exact) mass is 357 g/mol. The Balaban J connectivity index is 2.06. The van der Waals surface area contributed by atoms with Crippen LogP contribution in [0.25, 0.3) is 0 Å². The minimum atomic E-state index is -3.88. The number of aromatic nitrogens is 1. The van der Waals surface area contributed by atoms with Gasteiger partial charge in [-0.15, -0.1) is 0 Å². The molecule has 2 rings (SSSR count). The summed E-state index contributed by atoms with van der Waals surface area (Å²) in [5, 5.41) is 6.67. The number of halogens is 1. The van der Waals surface area contributed by atoms with Gasteiger partial charge in [-0.2, -0.15) is 0 Å². The Morgan fingerprint density at radius 3 is 2.61 bits per heavy atom. The van der Waals surface area contributed by atoms with Crippen molar-refractivity contribution in [2.75, 3.05) is 11.9 Å². The molecule has 0 spiro atoms. The first-order valence-corrected chi connectivity index (χ1v) is 8.55. The van der Waals surface area contributed by atoms with Gasteiger partial charge < -0.3 is 9.84 Å². The predicted molar refractivity (Wildman–Crippen MR) is 86.0 cm³/mol. The van der Waals surface area contributed by atoms with E-state index in [9.17, 15) is 13.2 Å². The van der Waals surface area contributed by atoms with Crippen LogP contribution in [0.2, 0.25) is 5.02 Å². The van der Waals surface area contributed by atoms with Gasteiger partial charge >= 0.3 is 0 Å². The SMILES string of the molecule is Cc1ccc(Cl)cc1NC(=O)CNS(=O)(=O)c1c(C)noc1C. The molecule has 7 nitrogen and oxygen atoms in total. The molecule has 0 atom stereocenters. The van der Waals surface area contributed by atoms with Crippen molar-refractivity contribution >= 4 is 33.2 Å². The summed E-state index contributed by atoms with van der Waals surface area (Å²) in [6.07, 6.45) is 0. The van der Waals surface area contributed by atoms with Crippen LogP contribution in [0.3, 0.4) is 0 Å². The number of aryl methyl sites for hydroxylation is 3. The van der Waals surface area contributed by atoms with Gasteiger partial charge in [0.25, 0.3) is 0 Å². The van der Waals surface area contributed by atoms with Crippen LogP contribution in [-0.2, 0) is 14.8 Å². The number of hydrogen-bond donors (Lipinski definition) is 2. The van der Waals surface area contributed by atoms with Crippen molar-refractivity contribution in [3.63, 3.8) is 0 Å². The summed E-state index contributed by atoms with van der Waals surface area (Å²) in [5.41, 5.74) is 1.58. The van der Waals surface area contributed by atoms with Crippen molar-refractivity contribution in [1.82, 2.24) is 9.88 Å². The number of sulfonamides is 1. The second kappa shape index (κ2) is 6.69. The molecule has 9 heteroatoms. The van der Waals surface area contributed by atoms with Crippen molar-refractivity contribution in [1.29, 1.82) is 0 Å². The van der Waals surface area contributed by atoms with Crippen LogP contribution in [0.15, 0.2) is 27.6 Å². The maximum atomic E-state index is 12.2. The van der Waals surface area contributed by atoms with Gasteiger partial charge in [0.15, 0.2) is 5.76 Å². The van der Waals surface area contributed by atoms with Crippen LogP contribution in [0, 0.1) is 20.8 Å². The van der Waals surface area contributed by atoms with Crippen LogP contribution in [0.1, 0.15) is 17.0 Å². The third kappa shape index (κ3) is 4.10. The molecule has 0 aliphatic carbocycles. The molecule has 2 N–H and O–H groups in total. The first-order chi connectivity index (χ1) is 10.7. The highest BCUT2D eigenvalue weighted by Crippen LogP contribution is 2.20. The van der Waals surface area contributed by atoms with Crippen molar-refractivity contribution in [2.24, 2.45) is 0 Å². The summed E-state index contributed by atoms with van der Waals surface area (Å²) < 4.78 is 31.5. The first kappa shape index (κ1) is 17.5. The van der Waals surface area contributed by atoms with Gasteiger partial charge in [-0.25, -0.2) is 13.1 Å². The zero-order chi connectivity index (χ0) is 17.2. The van der Waals surface area contributed by atoms with Gasteiger partial charge in [-0.05, 0) is 38.5 Å². The highest BCUT2D eigenvalue weighted by atomic mass is 35.5. The van der Waals surface area contributed by atoms with E-state index in [0.29, 0.717) is 10.7 Å². The summed E-state index contributed by atoms with van der Waals surface area (Å²) in [6, 6.07) is 5.05. The molecule has 0 aliphatic rings. The normalized spacial score (nSPS) is 11.5. The fourth-order valence-electron chi connectivity index (χ4n) is 2.01. The van der Waals surface area contributed by atoms with E-state index in [2.05, 4.69) is 15.2 Å². The van der Waals surface area contributed by atoms with E-state index < -0.39 is 22.5 Å². The number of nitrogens with one attached hydrogen (secondary N) is 2. The topological polar surface area (TPSA) is 101 Å². The van der Waals surface area contributed by atoms with Gasteiger partial charge in [0.2, 0.25) is 15.9 Å². The van der Waals surface area contributed by atoms with E-state index in [0.717, 1.165) is 5.56 Å². The average molecular weight is 358 g/mol. The number of benzene rings is 1. The molecule has 0 saturated carbocycles. The molecule has 0 fully saturated rings. The molecular weight excluding hydrogens is 342 g/mol. The van der Waals surface area contributed by atoms with Crippen LogP contribution >= 0.6 is 11.6 Å².